The largest absolute Gasteiger partial charge is 0.370 e. The highest BCUT2D eigenvalue weighted by Gasteiger charge is 2.37. The van der Waals surface area contributed by atoms with Crippen molar-refractivity contribution in [2.45, 2.75) is 44.8 Å². The van der Waals surface area contributed by atoms with Gasteiger partial charge in [-0.15, -0.1) is 0 Å². The average Bonchev–Trinajstić information content (AvgIpc) is 2.98. The maximum Gasteiger partial charge on any atom is 0.251 e. The van der Waals surface area contributed by atoms with Crippen molar-refractivity contribution < 1.29 is 23.9 Å². The molecule has 0 spiro atoms. The summed E-state index contributed by atoms with van der Waals surface area (Å²) in [5.41, 5.74) is 5.76. The van der Waals surface area contributed by atoms with E-state index in [2.05, 4.69) is 10.6 Å². The summed E-state index contributed by atoms with van der Waals surface area (Å²) in [6, 6.07) is 8.15. The number of nitrogens with one attached hydrogen (secondary N) is 2. The molecule has 8 nitrogen and oxygen atoms in total. The lowest BCUT2D eigenvalue weighted by Crippen LogP contribution is -2.46. The van der Waals surface area contributed by atoms with Crippen LogP contribution in [0.3, 0.4) is 0 Å². The van der Waals surface area contributed by atoms with E-state index in [0.29, 0.717) is 12.1 Å². The molecule has 0 aromatic heterocycles. The molecule has 1 aliphatic rings. The van der Waals surface area contributed by atoms with Gasteiger partial charge in [-0.25, -0.2) is 0 Å². The van der Waals surface area contributed by atoms with Crippen molar-refractivity contribution >= 4 is 23.5 Å². The zero-order valence-electron chi connectivity index (χ0n) is 16.0. The van der Waals surface area contributed by atoms with E-state index in [0.717, 1.165) is 12.8 Å². The molecular weight excluding hydrogens is 362 g/mol. The fourth-order valence-corrected chi connectivity index (χ4v) is 3.13. The second-order valence-corrected chi connectivity index (χ2v) is 7.10. The van der Waals surface area contributed by atoms with Crippen LogP contribution in [0, 0.1) is 5.92 Å². The van der Waals surface area contributed by atoms with E-state index >= 15 is 0 Å². The third-order valence-electron chi connectivity index (χ3n) is 4.61. The SMILES string of the molecule is CC(CCCNC(=O)c1ccccc1)CC(=O)NC1C(=O)COC1CC(N)=O. The number of ether oxygens (including phenoxy) is 1. The van der Waals surface area contributed by atoms with Crippen LogP contribution in [0.15, 0.2) is 30.3 Å². The Bertz CT molecular complexity index is 707. The lowest BCUT2D eigenvalue weighted by molar-refractivity contribution is -0.127. The number of amides is 3. The van der Waals surface area contributed by atoms with Crippen molar-refractivity contribution in [3.05, 3.63) is 35.9 Å². The van der Waals surface area contributed by atoms with Gasteiger partial charge in [0.2, 0.25) is 11.8 Å². The molecule has 1 aromatic carbocycles. The van der Waals surface area contributed by atoms with Crippen molar-refractivity contribution in [3.63, 3.8) is 0 Å². The Kier molecular flexibility index (Phi) is 8.13. The number of ketones is 1. The second kappa shape index (κ2) is 10.6. The summed E-state index contributed by atoms with van der Waals surface area (Å²) < 4.78 is 5.23. The predicted molar refractivity (Wildman–Crippen MR) is 102 cm³/mol. The molecule has 3 unspecified atom stereocenters. The molecule has 1 saturated heterocycles. The molecule has 2 rings (SSSR count). The molecule has 1 heterocycles. The molecule has 0 radical (unpaired) electrons. The van der Waals surface area contributed by atoms with E-state index < -0.39 is 18.1 Å². The Morgan fingerprint density at radius 1 is 1.25 bits per heavy atom. The number of primary amides is 1. The number of benzene rings is 1. The summed E-state index contributed by atoms with van der Waals surface area (Å²) in [5.74, 6) is -1.13. The van der Waals surface area contributed by atoms with E-state index in [9.17, 15) is 19.2 Å². The first-order valence-corrected chi connectivity index (χ1v) is 9.42. The van der Waals surface area contributed by atoms with Gasteiger partial charge in [0, 0.05) is 18.5 Å². The van der Waals surface area contributed by atoms with Crippen LogP contribution in [0.5, 0.6) is 0 Å². The summed E-state index contributed by atoms with van der Waals surface area (Å²) in [4.78, 5) is 47.0. The zero-order chi connectivity index (χ0) is 20.5. The van der Waals surface area contributed by atoms with Crippen molar-refractivity contribution in [1.29, 1.82) is 0 Å². The zero-order valence-corrected chi connectivity index (χ0v) is 16.0. The van der Waals surface area contributed by atoms with Gasteiger partial charge in [0.15, 0.2) is 5.78 Å². The molecule has 3 amide bonds. The minimum Gasteiger partial charge on any atom is -0.370 e. The highest BCUT2D eigenvalue weighted by atomic mass is 16.5. The van der Waals surface area contributed by atoms with E-state index in [1.807, 2.05) is 25.1 Å². The quantitative estimate of drug-likeness (QED) is 0.504. The summed E-state index contributed by atoms with van der Waals surface area (Å²) in [5, 5.41) is 5.51. The summed E-state index contributed by atoms with van der Waals surface area (Å²) in [6.45, 7) is 2.33. The average molecular weight is 389 g/mol. The molecule has 152 valence electrons. The molecule has 8 heteroatoms. The van der Waals surface area contributed by atoms with Gasteiger partial charge in [-0.1, -0.05) is 25.1 Å². The van der Waals surface area contributed by atoms with Crippen molar-refractivity contribution in [3.8, 4) is 0 Å². The lowest BCUT2D eigenvalue weighted by Gasteiger charge is -2.19. The topological polar surface area (TPSA) is 128 Å². The summed E-state index contributed by atoms with van der Waals surface area (Å²) in [7, 11) is 0. The molecule has 3 atom stereocenters. The van der Waals surface area contributed by atoms with Gasteiger partial charge in [0.05, 0.1) is 12.5 Å². The number of Topliss-reactive ketones (excluding diaryl/α,β-unsaturated/α-hetero) is 1. The van der Waals surface area contributed by atoms with E-state index in [-0.39, 0.29) is 43.0 Å². The fraction of sp³-hybridized carbons (Fsp3) is 0.500. The maximum absolute atomic E-state index is 12.2. The van der Waals surface area contributed by atoms with E-state index in [4.69, 9.17) is 10.5 Å². The molecule has 4 N–H and O–H groups in total. The summed E-state index contributed by atoms with van der Waals surface area (Å²) >= 11 is 0. The van der Waals surface area contributed by atoms with Gasteiger partial charge in [-0.05, 0) is 30.9 Å². The normalized spacial score (nSPS) is 19.8. The van der Waals surface area contributed by atoms with Gasteiger partial charge in [-0.2, -0.15) is 0 Å². The molecular formula is C20H27N3O5. The smallest absolute Gasteiger partial charge is 0.251 e. The highest BCUT2D eigenvalue weighted by Crippen LogP contribution is 2.16. The minimum atomic E-state index is -0.822. The molecule has 1 aromatic rings. The van der Waals surface area contributed by atoms with Crippen molar-refractivity contribution in [1.82, 2.24) is 10.6 Å². The van der Waals surface area contributed by atoms with Gasteiger partial charge in [0.25, 0.3) is 5.91 Å². The van der Waals surface area contributed by atoms with Crippen LogP contribution in [-0.2, 0) is 19.1 Å². The number of hydrogen-bond acceptors (Lipinski definition) is 5. The molecule has 1 fully saturated rings. The monoisotopic (exact) mass is 389 g/mol. The third-order valence-corrected chi connectivity index (χ3v) is 4.61. The fourth-order valence-electron chi connectivity index (χ4n) is 3.13. The third kappa shape index (κ3) is 6.77. The molecule has 0 saturated carbocycles. The predicted octanol–water partition coefficient (Wildman–Crippen LogP) is 0.551. The van der Waals surface area contributed by atoms with Crippen LogP contribution in [0.1, 0.15) is 43.0 Å². The first kappa shape index (κ1) is 21.6. The summed E-state index contributed by atoms with van der Waals surface area (Å²) in [6.07, 6.45) is 0.940. The van der Waals surface area contributed by atoms with Crippen LogP contribution in [-0.4, -0.2) is 48.8 Å². The van der Waals surface area contributed by atoms with E-state index in [1.165, 1.54) is 0 Å². The van der Waals surface area contributed by atoms with Gasteiger partial charge < -0.3 is 21.1 Å². The van der Waals surface area contributed by atoms with Crippen LogP contribution >= 0.6 is 0 Å². The Morgan fingerprint density at radius 2 is 1.96 bits per heavy atom. The Balaban J connectivity index is 1.67. The Hall–Kier alpha value is -2.74. The highest BCUT2D eigenvalue weighted by molar-refractivity contribution is 5.94. The van der Waals surface area contributed by atoms with Crippen molar-refractivity contribution in [2.75, 3.05) is 13.2 Å². The maximum atomic E-state index is 12.2. The molecule has 1 aliphatic heterocycles. The lowest BCUT2D eigenvalue weighted by atomic mass is 10.00. The van der Waals surface area contributed by atoms with Crippen molar-refractivity contribution in [2.24, 2.45) is 11.7 Å². The second-order valence-electron chi connectivity index (χ2n) is 7.10. The van der Waals surface area contributed by atoms with Crippen LogP contribution in [0.4, 0.5) is 0 Å². The Labute approximate surface area is 164 Å². The molecule has 28 heavy (non-hydrogen) atoms. The Morgan fingerprint density at radius 3 is 2.64 bits per heavy atom. The van der Waals surface area contributed by atoms with Crippen LogP contribution in [0.2, 0.25) is 0 Å². The van der Waals surface area contributed by atoms with Gasteiger partial charge in [0.1, 0.15) is 12.6 Å². The van der Waals surface area contributed by atoms with Gasteiger partial charge >= 0.3 is 0 Å². The number of carbonyl (C=O) groups excluding carboxylic acids is 4. The molecule has 0 bridgehead atoms. The number of rotatable bonds is 10. The van der Waals surface area contributed by atoms with E-state index in [1.54, 1.807) is 12.1 Å². The molecule has 0 aliphatic carbocycles. The minimum absolute atomic E-state index is 0.0839. The number of nitrogens with two attached hydrogens (primary N) is 1. The number of hydrogen-bond donors (Lipinski definition) is 3. The standard InChI is InChI=1S/C20H27N3O5/c1-13(6-5-9-22-20(27)14-7-3-2-4-8-14)10-18(26)23-19-15(24)12-28-16(19)11-17(21)25/h2-4,7-8,13,16,19H,5-6,9-12H2,1H3,(H2,21,25)(H,22,27)(H,23,26). The first-order chi connectivity index (χ1) is 13.4. The van der Waals surface area contributed by atoms with Crippen LogP contribution < -0.4 is 16.4 Å². The first-order valence-electron chi connectivity index (χ1n) is 9.42. The number of carbonyl (C=O) groups is 4. The van der Waals surface area contributed by atoms with Gasteiger partial charge in [-0.3, -0.25) is 19.2 Å². The van der Waals surface area contributed by atoms with Crippen LogP contribution in [0.25, 0.3) is 0 Å².